The average Bonchev–Trinajstić information content (AvgIpc) is 3.45. The summed E-state index contributed by atoms with van der Waals surface area (Å²) in [5.74, 6) is 0.294. The van der Waals surface area contributed by atoms with Gasteiger partial charge in [-0.15, -0.1) is 11.6 Å². The molecule has 2 atom stereocenters. The van der Waals surface area contributed by atoms with E-state index >= 15 is 0 Å². The molecule has 0 saturated heterocycles. The molecular weight excluding hydrogens is 549 g/mol. The van der Waals surface area contributed by atoms with E-state index in [0.29, 0.717) is 35.3 Å². The number of hydrogen-bond donors (Lipinski definition) is 0. The van der Waals surface area contributed by atoms with E-state index in [1.165, 1.54) is 0 Å². The van der Waals surface area contributed by atoms with Gasteiger partial charge in [-0.05, 0) is 49.8 Å². The zero-order valence-electron chi connectivity index (χ0n) is 23.3. The zero-order chi connectivity index (χ0) is 28.7. The van der Waals surface area contributed by atoms with Crippen molar-refractivity contribution in [2.75, 3.05) is 34.3 Å². The molecule has 1 aromatic heterocycles. The van der Waals surface area contributed by atoms with Crippen molar-refractivity contribution in [2.45, 2.75) is 37.6 Å². The largest absolute Gasteiger partial charge is 0.494 e. The van der Waals surface area contributed by atoms with Gasteiger partial charge in [0.2, 0.25) is 5.91 Å². The number of hydrogen-bond acceptors (Lipinski definition) is 5. The van der Waals surface area contributed by atoms with Crippen molar-refractivity contribution in [1.82, 2.24) is 24.5 Å². The first-order chi connectivity index (χ1) is 19.1. The van der Waals surface area contributed by atoms with Crippen LogP contribution in [0.15, 0.2) is 60.4 Å². The lowest BCUT2D eigenvalue weighted by atomic mass is 9.94. The normalized spacial score (nSPS) is 19.1. The molecule has 0 saturated carbocycles. The number of carbonyl (C=O) groups excluding carboxylic acids is 2. The second kappa shape index (κ2) is 11.3. The van der Waals surface area contributed by atoms with Gasteiger partial charge in [0.25, 0.3) is 5.91 Å². The van der Waals surface area contributed by atoms with Gasteiger partial charge in [-0.1, -0.05) is 49.7 Å². The van der Waals surface area contributed by atoms with Crippen LogP contribution in [0.3, 0.4) is 0 Å². The first-order valence-electron chi connectivity index (χ1n) is 13.3. The van der Waals surface area contributed by atoms with Crippen molar-refractivity contribution in [2.24, 2.45) is 0 Å². The van der Waals surface area contributed by atoms with E-state index in [2.05, 4.69) is 13.8 Å². The van der Waals surface area contributed by atoms with E-state index < -0.39 is 11.4 Å². The van der Waals surface area contributed by atoms with Crippen LogP contribution in [-0.4, -0.2) is 76.0 Å². The van der Waals surface area contributed by atoms with Crippen LogP contribution in [0.2, 0.25) is 5.02 Å². The molecule has 10 heteroatoms. The van der Waals surface area contributed by atoms with Crippen LogP contribution in [0.25, 0.3) is 5.69 Å². The van der Waals surface area contributed by atoms with Crippen LogP contribution >= 0.6 is 23.2 Å². The molecule has 0 radical (unpaired) electrons. The highest BCUT2D eigenvalue weighted by Gasteiger charge is 2.47. The molecule has 2 aliphatic rings. The van der Waals surface area contributed by atoms with E-state index in [-0.39, 0.29) is 24.2 Å². The van der Waals surface area contributed by atoms with Gasteiger partial charge in [-0.25, -0.2) is 4.68 Å². The number of fused-ring (bicyclic) bond motifs is 1. The minimum atomic E-state index is -0.771. The second-order valence-electron chi connectivity index (χ2n) is 10.6. The van der Waals surface area contributed by atoms with Crippen LogP contribution in [0.5, 0.6) is 5.75 Å². The van der Waals surface area contributed by atoms with Crippen molar-refractivity contribution in [3.05, 3.63) is 88.0 Å². The smallest absolute Gasteiger partial charge is 0.279 e. The van der Waals surface area contributed by atoms with Gasteiger partial charge in [0, 0.05) is 42.0 Å². The standard InChI is InChI=1S/C30H33Cl2N5O3/c1-18(2)27-25-26(33-37(27)23-8-6-7-9-24(23)40-5)30(39)36(28(25)19-10-12-20(31)13-11-19)21-16-22(32)29(38)35(17-21)15-14-34(3)4/h6-13,17-18,22,28H,14-16H2,1-5H3. The zero-order valence-corrected chi connectivity index (χ0v) is 24.8. The molecule has 0 fully saturated rings. The van der Waals surface area contributed by atoms with Crippen LogP contribution in [0.4, 0.5) is 0 Å². The highest BCUT2D eigenvalue weighted by atomic mass is 35.5. The lowest BCUT2D eigenvalue weighted by Gasteiger charge is -2.35. The third-order valence-corrected chi connectivity index (χ3v) is 7.89. The fraction of sp³-hybridized carbons (Fsp3) is 0.367. The Labute approximate surface area is 244 Å². The van der Waals surface area contributed by atoms with Crippen LogP contribution in [0.1, 0.15) is 59.5 Å². The number of amides is 2. The number of ether oxygens (including phenoxy) is 1. The predicted octanol–water partition coefficient (Wildman–Crippen LogP) is 5.45. The summed E-state index contributed by atoms with van der Waals surface area (Å²) in [4.78, 5) is 32.6. The molecular formula is C30H33Cl2N5O3. The average molecular weight is 583 g/mol. The minimum Gasteiger partial charge on any atom is -0.494 e. The summed E-state index contributed by atoms with van der Waals surface area (Å²) >= 11 is 12.8. The Morgan fingerprint density at radius 1 is 1.10 bits per heavy atom. The first-order valence-corrected chi connectivity index (χ1v) is 14.1. The van der Waals surface area contributed by atoms with E-state index in [1.807, 2.05) is 72.2 Å². The summed E-state index contributed by atoms with van der Waals surface area (Å²) in [7, 11) is 5.52. The Morgan fingerprint density at radius 2 is 1.80 bits per heavy atom. The molecule has 0 spiro atoms. The number of alkyl halides is 1. The Bertz CT molecular complexity index is 1460. The van der Waals surface area contributed by atoms with Gasteiger partial charge >= 0.3 is 0 Å². The molecule has 8 nitrogen and oxygen atoms in total. The molecule has 2 amide bonds. The predicted molar refractivity (Wildman–Crippen MR) is 156 cm³/mol. The molecule has 3 heterocycles. The van der Waals surface area contributed by atoms with Gasteiger partial charge in [0.1, 0.15) is 16.8 Å². The molecule has 3 aromatic rings. The molecule has 0 aliphatic carbocycles. The maximum absolute atomic E-state index is 14.3. The molecule has 0 N–H and O–H groups in total. The van der Waals surface area contributed by atoms with E-state index in [0.717, 1.165) is 22.5 Å². The van der Waals surface area contributed by atoms with E-state index in [4.69, 9.17) is 33.0 Å². The lowest BCUT2D eigenvalue weighted by molar-refractivity contribution is -0.129. The summed E-state index contributed by atoms with van der Waals surface area (Å²) < 4.78 is 7.47. The number of likely N-dealkylation sites (N-methyl/N-ethyl adjacent to an activating group) is 1. The summed E-state index contributed by atoms with van der Waals surface area (Å²) in [5.41, 5.74) is 4.45. The lowest BCUT2D eigenvalue weighted by Crippen LogP contribution is -2.43. The molecule has 2 aliphatic heterocycles. The van der Waals surface area contributed by atoms with Crippen LogP contribution in [-0.2, 0) is 4.79 Å². The Morgan fingerprint density at radius 3 is 2.45 bits per heavy atom. The first kappa shape index (κ1) is 28.2. The Hall–Kier alpha value is -3.33. The number of rotatable bonds is 8. The number of halogens is 2. The monoisotopic (exact) mass is 581 g/mol. The third-order valence-electron chi connectivity index (χ3n) is 7.30. The summed E-state index contributed by atoms with van der Waals surface area (Å²) in [5, 5.41) is 4.73. The number of para-hydroxylation sites is 2. The van der Waals surface area contributed by atoms with Crippen molar-refractivity contribution in [3.63, 3.8) is 0 Å². The quantitative estimate of drug-likeness (QED) is 0.331. The number of methoxy groups -OCH3 is 1. The van der Waals surface area contributed by atoms with Gasteiger partial charge in [0.15, 0.2) is 5.69 Å². The van der Waals surface area contributed by atoms with Gasteiger partial charge in [-0.2, -0.15) is 5.10 Å². The maximum Gasteiger partial charge on any atom is 0.279 e. The third kappa shape index (κ3) is 5.00. The van der Waals surface area contributed by atoms with Crippen molar-refractivity contribution < 1.29 is 14.3 Å². The van der Waals surface area contributed by atoms with Crippen molar-refractivity contribution in [1.29, 1.82) is 0 Å². The van der Waals surface area contributed by atoms with Crippen LogP contribution < -0.4 is 4.74 Å². The molecule has 210 valence electrons. The van der Waals surface area contributed by atoms with Gasteiger partial charge < -0.3 is 14.5 Å². The number of benzene rings is 2. The maximum atomic E-state index is 14.3. The highest BCUT2D eigenvalue weighted by molar-refractivity contribution is 6.31. The van der Waals surface area contributed by atoms with Gasteiger partial charge in [-0.3, -0.25) is 14.5 Å². The number of aromatic nitrogens is 2. The molecule has 2 aromatic carbocycles. The second-order valence-corrected chi connectivity index (χ2v) is 11.6. The fourth-order valence-electron chi connectivity index (χ4n) is 5.42. The SMILES string of the molecule is COc1ccccc1-n1nc2c(c1C(C)C)C(c1ccc(Cl)cc1)N(C1=CN(CCN(C)C)C(=O)C(Cl)C1)C2=O. The van der Waals surface area contributed by atoms with Crippen molar-refractivity contribution in [3.8, 4) is 11.4 Å². The number of allylic oxidation sites excluding steroid dienone is 1. The van der Waals surface area contributed by atoms with E-state index in [1.54, 1.807) is 23.1 Å². The molecule has 2 unspecified atom stereocenters. The Balaban J connectivity index is 1.69. The summed E-state index contributed by atoms with van der Waals surface area (Å²) in [6.07, 6.45) is 2.02. The minimum absolute atomic E-state index is 0.0305. The summed E-state index contributed by atoms with van der Waals surface area (Å²) in [6.45, 7) is 5.31. The molecule has 0 bridgehead atoms. The van der Waals surface area contributed by atoms with E-state index in [9.17, 15) is 9.59 Å². The highest BCUT2D eigenvalue weighted by Crippen LogP contribution is 2.47. The molecule has 5 rings (SSSR count). The van der Waals surface area contributed by atoms with Crippen molar-refractivity contribution >= 4 is 35.0 Å². The molecule has 40 heavy (non-hydrogen) atoms. The fourth-order valence-corrected chi connectivity index (χ4v) is 5.83. The summed E-state index contributed by atoms with van der Waals surface area (Å²) in [6, 6.07) is 14.7. The van der Waals surface area contributed by atoms with Crippen LogP contribution in [0, 0.1) is 0 Å². The number of carbonyl (C=O) groups is 2. The topological polar surface area (TPSA) is 70.9 Å². The Kier molecular flexibility index (Phi) is 7.95. The van der Waals surface area contributed by atoms with Gasteiger partial charge in [0.05, 0.1) is 18.8 Å². The number of nitrogens with zero attached hydrogens (tertiary/aromatic N) is 5.